The summed E-state index contributed by atoms with van der Waals surface area (Å²) >= 11 is 5.90. The van der Waals surface area contributed by atoms with Crippen molar-refractivity contribution in [2.24, 2.45) is 5.73 Å². The molecule has 1 aliphatic rings. The third-order valence-corrected chi connectivity index (χ3v) is 2.71. The number of nitrogens with one attached hydrogen (secondary N) is 1. The zero-order valence-electron chi connectivity index (χ0n) is 7.33. The van der Waals surface area contributed by atoms with Crippen LogP contribution in [0.15, 0.2) is 24.3 Å². The lowest BCUT2D eigenvalue weighted by atomic mass is 10.0. The van der Waals surface area contributed by atoms with Crippen molar-refractivity contribution in [3.63, 3.8) is 0 Å². The van der Waals surface area contributed by atoms with Crippen molar-refractivity contribution in [3.05, 3.63) is 34.9 Å². The highest BCUT2D eigenvalue weighted by molar-refractivity contribution is 6.30. The van der Waals surface area contributed by atoms with Crippen LogP contribution in [0.3, 0.4) is 0 Å². The summed E-state index contributed by atoms with van der Waals surface area (Å²) in [5.41, 5.74) is 7.15. The van der Waals surface area contributed by atoms with Gasteiger partial charge >= 0.3 is 0 Å². The summed E-state index contributed by atoms with van der Waals surface area (Å²) < 4.78 is 0. The second-order valence-electron chi connectivity index (χ2n) is 3.44. The van der Waals surface area contributed by atoms with Gasteiger partial charge in [0.25, 0.3) is 0 Å². The van der Waals surface area contributed by atoms with Gasteiger partial charge in [0, 0.05) is 17.1 Å². The summed E-state index contributed by atoms with van der Waals surface area (Å²) in [6.07, 6.45) is 1.04. The number of halogens is 1. The van der Waals surface area contributed by atoms with Crippen LogP contribution in [0.1, 0.15) is 18.0 Å². The van der Waals surface area contributed by atoms with Gasteiger partial charge in [0.2, 0.25) is 0 Å². The molecule has 0 saturated carbocycles. The van der Waals surface area contributed by atoms with Gasteiger partial charge in [-0.2, -0.15) is 0 Å². The van der Waals surface area contributed by atoms with E-state index in [-0.39, 0.29) is 12.1 Å². The zero-order valence-corrected chi connectivity index (χ0v) is 8.09. The Kier molecular flexibility index (Phi) is 2.54. The maximum atomic E-state index is 5.96. The first-order chi connectivity index (χ1) is 6.27. The molecule has 2 nitrogen and oxygen atoms in total. The molecule has 3 N–H and O–H groups in total. The Hall–Kier alpha value is -0.570. The molecule has 2 atom stereocenters. The van der Waals surface area contributed by atoms with Gasteiger partial charge in [-0.05, 0) is 30.7 Å². The minimum atomic E-state index is 0.221. The molecule has 1 fully saturated rings. The molecule has 1 aromatic carbocycles. The van der Waals surface area contributed by atoms with Gasteiger partial charge in [-0.3, -0.25) is 0 Å². The molecule has 13 heavy (non-hydrogen) atoms. The lowest BCUT2D eigenvalue weighted by Crippen LogP contribution is -2.28. The topological polar surface area (TPSA) is 38.0 Å². The standard InChI is InChI=1S/C10H13ClN2/c11-8-3-1-2-7(6-8)10-9(12)4-5-13-10/h1-3,6,9-10,13H,4-5,12H2/t9-,10?/m0/s1. The largest absolute Gasteiger partial charge is 0.326 e. The van der Waals surface area contributed by atoms with Crippen molar-refractivity contribution in [1.82, 2.24) is 5.32 Å². The third kappa shape index (κ3) is 1.85. The minimum absolute atomic E-state index is 0.221. The Morgan fingerprint density at radius 1 is 1.46 bits per heavy atom. The van der Waals surface area contributed by atoms with Crippen molar-refractivity contribution in [3.8, 4) is 0 Å². The predicted octanol–water partition coefficient (Wildman–Crippen LogP) is 1.70. The Bertz CT molecular complexity index is 301. The van der Waals surface area contributed by atoms with E-state index in [1.807, 2.05) is 18.2 Å². The van der Waals surface area contributed by atoms with Crippen LogP contribution in [0.4, 0.5) is 0 Å². The van der Waals surface area contributed by atoms with Crippen LogP contribution < -0.4 is 11.1 Å². The number of hydrogen-bond donors (Lipinski definition) is 2. The molecule has 0 radical (unpaired) electrons. The van der Waals surface area contributed by atoms with Crippen molar-refractivity contribution in [1.29, 1.82) is 0 Å². The first-order valence-electron chi connectivity index (χ1n) is 4.52. The van der Waals surface area contributed by atoms with Crippen molar-refractivity contribution < 1.29 is 0 Å². The van der Waals surface area contributed by atoms with E-state index in [4.69, 9.17) is 17.3 Å². The molecule has 3 heteroatoms. The summed E-state index contributed by atoms with van der Waals surface area (Å²) in [5, 5.41) is 4.14. The molecule has 0 aliphatic carbocycles. The molecule has 0 bridgehead atoms. The van der Waals surface area contributed by atoms with E-state index in [1.165, 1.54) is 5.56 Å². The lowest BCUT2D eigenvalue weighted by Gasteiger charge is -2.15. The smallest absolute Gasteiger partial charge is 0.0474 e. The second-order valence-corrected chi connectivity index (χ2v) is 3.88. The minimum Gasteiger partial charge on any atom is -0.326 e. The van der Waals surface area contributed by atoms with Crippen LogP contribution in [-0.4, -0.2) is 12.6 Å². The summed E-state index contributed by atoms with van der Waals surface area (Å²) in [5.74, 6) is 0. The lowest BCUT2D eigenvalue weighted by molar-refractivity contribution is 0.571. The summed E-state index contributed by atoms with van der Waals surface area (Å²) in [6, 6.07) is 8.38. The third-order valence-electron chi connectivity index (χ3n) is 2.48. The summed E-state index contributed by atoms with van der Waals surface area (Å²) in [4.78, 5) is 0. The fourth-order valence-electron chi connectivity index (χ4n) is 1.79. The number of rotatable bonds is 1. The van der Waals surface area contributed by atoms with E-state index in [9.17, 15) is 0 Å². The maximum absolute atomic E-state index is 5.96. The molecular weight excluding hydrogens is 184 g/mol. The summed E-state index contributed by atoms with van der Waals surface area (Å²) in [7, 11) is 0. The molecule has 1 heterocycles. The first-order valence-corrected chi connectivity index (χ1v) is 4.89. The van der Waals surface area contributed by atoms with E-state index in [2.05, 4.69) is 11.4 Å². The average Bonchev–Trinajstić information content (AvgIpc) is 2.51. The zero-order chi connectivity index (χ0) is 9.26. The van der Waals surface area contributed by atoms with Gasteiger partial charge in [0.1, 0.15) is 0 Å². The van der Waals surface area contributed by atoms with Crippen LogP contribution in [-0.2, 0) is 0 Å². The van der Waals surface area contributed by atoms with Gasteiger partial charge in [0.15, 0.2) is 0 Å². The molecule has 1 aliphatic heterocycles. The molecular formula is C10H13ClN2. The molecule has 0 amide bonds. The number of hydrogen-bond acceptors (Lipinski definition) is 2. The Morgan fingerprint density at radius 3 is 2.92 bits per heavy atom. The van der Waals surface area contributed by atoms with E-state index >= 15 is 0 Å². The van der Waals surface area contributed by atoms with Gasteiger partial charge in [-0.25, -0.2) is 0 Å². The predicted molar refractivity (Wildman–Crippen MR) is 54.8 cm³/mol. The highest BCUT2D eigenvalue weighted by atomic mass is 35.5. The highest BCUT2D eigenvalue weighted by Crippen LogP contribution is 2.24. The monoisotopic (exact) mass is 196 g/mol. The first kappa shape index (κ1) is 9.00. The van der Waals surface area contributed by atoms with E-state index < -0.39 is 0 Å². The number of nitrogens with two attached hydrogens (primary N) is 1. The molecule has 0 spiro atoms. The maximum Gasteiger partial charge on any atom is 0.0474 e. The quantitative estimate of drug-likeness (QED) is 0.718. The van der Waals surface area contributed by atoms with Crippen LogP contribution in [0.2, 0.25) is 5.02 Å². The normalized spacial score (nSPS) is 27.8. The van der Waals surface area contributed by atoms with Crippen molar-refractivity contribution in [2.45, 2.75) is 18.5 Å². The fraction of sp³-hybridized carbons (Fsp3) is 0.400. The van der Waals surface area contributed by atoms with E-state index in [0.29, 0.717) is 0 Å². The van der Waals surface area contributed by atoms with Crippen molar-refractivity contribution >= 4 is 11.6 Å². The highest BCUT2D eigenvalue weighted by Gasteiger charge is 2.24. The molecule has 1 aromatic rings. The second kappa shape index (κ2) is 3.66. The molecule has 2 rings (SSSR count). The fourth-order valence-corrected chi connectivity index (χ4v) is 1.99. The SMILES string of the molecule is N[C@H]1CCNC1c1cccc(Cl)c1. The average molecular weight is 197 g/mol. The van der Waals surface area contributed by atoms with Crippen LogP contribution >= 0.6 is 11.6 Å². The van der Waals surface area contributed by atoms with E-state index in [1.54, 1.807) is 0 Å². The van der Waals surface area contributed by atoms with Crippen LogP contribution in [0, 0.1) is 0 Å². The Morgan fingerprint density at radius 2 is 2.31 bits per heavy atom. The van der Waals surface area contributed by atoms with Gasteiger partial charge in [0.05, 0.1) is 0 Å². The molecule has 0 aromatic heterocycles. The molecule has 1 saturated heterocycles. The van der Waals surface area contributed by atoms with Gasteiger partial charge in [-0.15, -0.1) is 0 Å². The number of benzene rings is 1. The Labute approximate surface area is 83.1 Å². The van der Waals surface area contributed by atoms with Crippen molar-refractivity contribution in [2.75, 3.05) is 6.54 Å². The Balaban J connectivity index is 2.24. The van der Waals surface area contributed by atoms with Gasteiger partial charge in [-0.1, -0.05) is 23.7 Å². The summed E-state index contributed by atoms with van der Waals surface area (Å²) in [6.45, 7) is 0.998. The molecule has 70 valence electrons. The van der Waals surface area contributed by atoms with Crippen LogP contribution in [0.5, 0.6) is 0 Å². The van der Waals surface area contributed by atoms with Crippen LogP contribution in [0.25, 0.3) is 0 Å². The van der Waals surface area contributed by atoms with Gasteiger partial charge < -0.3 is 11.1 Å². The molecule has 1 unspecified atom stereocenters. The van der Waals surface area contributed by atoms with E-state index in [0.717, 1.165) is 18.0 Å².